The molecule has 1 amide bonds. The van der Waals surface area contributed by atoms with E-state index in [0.717, 1.165) is 39.8 Å². The fourth-order valence-corrected chi connectivity index (χ4v) is 5.21. The molecule has 0 bridgehead atoms. The molecule has 0 heterocycles. The SMILES string of the molecule is CCN(CC)c1ccc(/C=N\NC(=O)CN(c2cc(C)ccc2C)S(=O)(=O)c2ccccc2)cc1. The van der Waals surface area contributed by atoms with Gasteiger partial charge in [-0.2, -0.15) is 5.10 Å². The Kier molecular flexibility index (Phi) is 8.65. The van der Waals surface area contributed by atoms with Gasteiger partial charge in [-0.1, -0.05) is 42.5 Å². The lowest BCUT2D eigenvalue weighted by Gasteiger charge is -2.25. The van der Waals surface area contributed by atoms with Crippen molar-refractivity contribution in [3.8, 4) is 0 Å². The quantitative estimate of drug-likeness (QED) is 0.334. The van der Waals surface area contributed by atoms with Crippen molar-refractivity contribution >= 4 is 33.5 Å². The maximum atomic E-state index is 13.5. The Morgan fingerprint density at radius 3 is 2.23 bits per heavy atom. The van der Waals surface area contributed by atoms with E-state index >= 15 is 0 Å². The molecule has 0 fully saturated rings. The number of anilines is 2. The first kappa shape index (κ1) is 26.0. The Morgan fingerprint density at radius 1 is 0.943 bits per heavy atom. The Bertz CT molecular complexity index is 1270. The number of hydrogen-bond acceptors (Lipinski definition) is 5. The molecule has 1 N–H and O–H groups in total. The number of nitrogens with one attached hydrogen (secondary N) is 1. The highest BCUT2D eigenvalue weighted by Crippen LogP contribution is 2.27. The first-order valence-electron chi connectivity index (χ1n) is 11.6. The van der Waals surface area contributed by atoms with Gasteiger partial charge in [-0.05, 0) is 74.7 Å². The van der Waals surface area contributed by atoms with E-state index in [1.807, 2.05) is 50.2 Å². The number of hydrazone groups is 1. The average Bonchev–Trinajstić information content (AvgIpc) is 2.86. The first-order valence-corrected chi connectivity index (χ1v) is 13.0. The van der Waals surface area contributed by atoms with Crippen LogP contribution in [0.2, 0.25) is 0 Å². The van der Waals surface area contributed by atoms with Gasteiger partial charge in [-0.25, -0.2) is 13.8 Å². The van der Waals surface area contributed by atoms with Crippen LogP contribution in [0.15, 0.2) is 82.8 Å². The van der Waals surface area contributed by atoms with E-state index in [2.05, 4.69) is 29.3 Å². The Hall–Kier alpha value is -3.65. The molecule has 184 valence electrons. The first-order chi connectivity index (χ1) is 16.8. The molecule has 0 aromatic heterocycles. The predicted molar refractivity (Wildman–Crippen MR) is 143 cm³/mol. The van der Waals surface area contributed by atoms with Crippen molar-refractivity contribution in [2.75, 3.05) is 28.8 Å². The second kappa shape index (κ2) is 11.7. The van der Waals surface area contributed by atoms with Gasteiger partial charge in [0.1, 0.15) is 6.54 Å². The van der Waals surface area contributed by atoms with Gasteiger partial charge in [-0.3, -0.25) is 9.10 Å². The summed E-state index contributed by atoms with van der Waals surface area (Å²) in [4.78, 5) is 15.1. The van der Waals surface area contributed by atoms with Gasteiger partial charge >= 0.3 is 0 Å². The average molecular weight is 493 g/mol. The van der Waals surface area contributed by atoms with Gasteiger partial charge in [0, 0.05) is 18.8 Å². The molecule has 0 unspecified atom stereocenters. The van der Waals surface area contributed by atoms with E-state index in [9.17, 15) is 13.2 Å². The van der Waals surface area contributed by atoms with Crippen LogP contribution in [0.1, 0.15) is 30.5 Å². The maximum absolute atomic E-state index is 13.5. The van der Waals surface area contributed by atoms with Crippen LogP contribution >= 0.6 is 0 Å². The van der Waals surface area contributed by atoms with Gasteiger partial charge in [-0.15, -0.1) is 0 Å². The Labute approximate surface area is 208 Å². The number of hydrogen-bond donors (Lipinski definition) is 1. The van der Waals surface area contributed by atoms with Crippen LogP contribution < -0.4 is 14.6 Å². The summed E-state index contributed by atoms with van der Waals surface area (Å²) >= 11 is 0. The summed E-state index contributed by atoms with van der Waals surface area (Å²) in [5, 5.41) is 4.04. The molecule has 7 nitrogen and oxygen atoms in total. The monoisotopic (exact) mass is 492 g/mol. The minimum atomic E-state index is -3.97. The number of rotatable bonds is 10. The van der Waals surface area contributed by atoms with E-state index < -0.39 is 22.5 Å². The van der Waals surface area contributed by atoms with E-state index in [1.54, 1.807) is 24.3 Å². The molecule has 0 aliphatic rings. The lowest BCUT2D eigenvalue weighted by molar-refractivity contribution is -0.119. The topological polar surface area (TPSA) is 82.1 Å². The highest BCUT2D eigenvalue weighted by atomic mass is 32.2. The summed E-state index contributed by atoms with van der Waals surface area (Å²) in [6, 6.07) is 21.5. The van der Waals surface area contributed by atoms with Crippen LogP contribution in [-0.2, 0) is 14.8 Å². The molecule has 0 aliphatic carbocycles. The van der Waals surface area contributed by atoms with Gasteiger partial charge < -0.3 is 4.90 Å². The van der Waals surface area contributed by atoms with Crippen molar-refractivity contribution in [3.63, 3.8) is 0 Å². The summed E-state index contributed by atoms with van der Waals surface area (Å²) in [7, 11) is -3.97. The highest BCUT2D eigenvalue weighted by molar-refractivity contribution is 7.92. The summed E-state index contributed by atoms with van der Waals surface area (Å²) < 4.78 is 28.1. The van der Waals surface area contributed by atoms with E-state index in [4.69, 9.17) is 0 Å². The van der Waals surface area contributed by atoms with Gasteiger partial charge in [0.25, 0.3) is 15.9 Å². The van der Waals surface area contributed by atoms with E-state index in [1.165, 1.54) is 18.3 Å². The molecule has 8 heteroatoms. The predicted octanol–water partition coefficient (Wildman–Crippen LogP) is 4.50. The summed E-state index contributed by atoms with van der Waals surface area (Å²) in [6.45, 7) is 9.35. The Balaban J connectivity index is 1.79. The fourth-order valence-electron chi connectivity index (χ4n) is 3.71. The van der Waals surface area contributed by atoms with Crippen molar-refractivity contribution in [1.82, 2.24) is 5.43 Å². The second-order valence-corrected chi connectivity index (χ2v) is 10.0. The summed E-state index contributed by atoms with van der Waals surface area (Å²) in [6.07, 6.45) is 1.54. The number of nitrogens with zero attached hydrogens (tertiary/aromatic N) is 3. The van der Waals surface area contributed by atoms with Crippen LogP contribution in [0, 0.1) is 13.8 Å². The maximum Gasteiger partial charge on any atom is 0.264 e. The molecule has 35 heavy (non-hydrogen) atoms. The van der Waals surface area contributed by atoms with Crippen molar-refractivity contribution in [2.24, 2.45) is 5.10 Å². The van der Waals surface area contributed by atoms with Crippen LogP contribution in [0.4, 0.5) is 11.4 Å². The molecule has 0 saturated carbocycles. The molecule has 3 rings (SSSR count). The van der Waals surface area contributed by atoms with Crippen molar-refractivity contribution in [2.45, 2.75) is 32.6 Å². The smallest absolute Gasteiger partial charge is 0.264 e. The molecule has 0 radical (unpaired) electrons. The van der Waals surface area contributed by atoms with Gasteiger partial charge in [0.15, 0.2) is 0 Å². The van der Waals surface area contributed by atoms with Crippen LogP contribution in [-0.4, -0.2) is 40.2 Å². The second-order valence-electron chi connectivity index (χ2n) is 8.17. The zero-order valence-electron chi connectivity index (χ0n) is 20.6. The molecular formula is C27H32N4O3S. The van der Waals surface area contributed by atoms with Crippen molar-refractivity contribution < 1.29 is 13.2 Å². The number of amides is 1. The van der Waals surface area contributed by atoms with Gasteiger partial charge in [0.2, 0.25) is 0 Å². The molecule has 0 saturated heterocycles. The minimum absolute atomic E-state index is 0.116. The van der Waals surface area contributed by atoms with Crippen LogP contribution in [0.3, 0.4) is 0 Å². The fraction of sp³-hybridized carbons (Fsp3) is 0.259. The zero-order chi connectivity index (χ0) is 25.4. The van der Waals surface area contributed by atoms with Crippen LogP contribution in [0.5, 0.6) is 0 Å². The highest BCUT2D eigenvalue weighted by Gasteiger charge is 2.28. The Morgan fingerprint density at radius 2 is 1.60 bits per heavy atom. The molecule has 0 aliphatic heterocycles. The third-order valence-electron chi connectivity index (χ3n) is 5.68. The van der Waals surface area contributed by atoms with Crippen molar-refractivity contribution in [3.05, 3.63) is 89.5 Å². The molecule has 0 atom stereocenters. The van der Waals surface area contributed by atoms with Crippen LogP contribution in [0.25, 0.3) is 0 Å². The van der Waals surface area contributed by atoms with Crippen molar-refractivity contribution in [1.29, 1.82) is 0 Å². The zero-order valence-corrected chi connectivity index (χ0v) is 21.4. The molecular weight excluding hydrogens is 460 g/mol. The summed E-state index contributed by atoms with van der Waals surface area (Å²) in [5.41, 5.74) is 6.51. The summed E-state index contributed by atoms with van der Waals surface area (Å²) in [5.74, 6) is -0.540. The molecule has 3 aromatic carbocycles. The lowest BCUT2D eigenvalue weighted by atomic mass is 10.1. The number of aryl methyl sites for hydroxylation is 2. The number of sulfonamides is 1. The van der Waals surface area contributed by atoms with E-state index in [0.29, 0.717) is 5.69 Å². The van der Waals surface area contributed by atoms with Gasteiger partial charge in [0.05, 0.1) is 16.8 Å². The normalized spacial score (nSPS) is 11.4. The minimum Gasteiger partial charge on any atom is -0.372 e. The van der Waals surface area contributed by atoms with E-state index in [-0.39, 0.29) is 4.90 Å². The molecule has 0 spiro atoms. The number of carbonyl (C=O) groups excluding carboxylic acids is 1. The number of benzene rings is 3. The largest absolute Gasteiger partial charge is 0.372 e. The third kappa shape index (κ3) is 6.48. The lowest BCUT2D eigenvalue weighted by Crippen LogP contribution is -2.40. The third-order valence-corrected chi connectivity index (χ3v) is 7.45. The molecule has 3 aromatic rings. The number of carbonyl (C=O) groups is 1. The standard InChI is InChI=1S/C27H32N4O3S/c1-5-30(6-2)24-16-14-23(15-17-24)19-28-29-27(32)20-31(26-18-21(3)12-13-22(26)4)35(33,34)25-10-8-7-9-11-25/h7-19H,5-6,20H2,1-4H3,(H,29,32)/b28-19-.